The predicted molar refractivity (Wildman–Crippen MR) is 81.1 cm³/mol. The molecular weight excluding hydrogens is 327 g/mol. The predicted octanol–water partition coefficient (Wildman–Crippen LogP) is 0.573. The lowest BCUT2D eigenvalue weighted by atomic mass is 10.0. The van der Waals surface area contributed by atoms with Crippen LogP contribution in [0.3, 0.4) is 0 Å². The number of carbonyl (C=O) groups is 2. The third kappa shape index (κ3) is 3.58. The molecule has 2 amide bonds. The van der Waals surface area contributed by atoms with Crippen LogP contribution in [0.2, 0.25) is 0 Å². The summed E-state index contributed by atoms with van der Waals surface area (Å²) < 4.78 is 39.5. The molecule has 6 N–H and O–H groups in total. The van der Waals surface area contributed by atoms with Crippen molar-refractivity contribution < 1.29 is 22.8 Å². The Hall–Kier alpha value is -2.78. The molecule has 0 saturated carbocycles. The molecule has 1 atom stereocenters. The first-order valence-electron chi connectivity index (χ1n) is 7.02. The molecule has 1 heterocycles. The van der Waals surface area contributed by atoms with E-state index in [-0.39, 0.29) is 5.69 Å². The molecular formula is C14H16F3N5O2. The second-order valence-electron chi connectivity index (χ2n) is 5.32. The number of guanidine groups is 1. The number of hydrogen-bond donors (Lipinski definition) is 3. The van der Waals surface area contributed by atoms with Gasteiger partial charge in [-0.25, -0.2) is 0 Å². The molecule has 24 heavy (non-hydrogen) atoms. The summed E-state index contributed by atoms with van der Waals surface area (Å²) in [4.78, 5) is 28.1. The van der Waals surface area contributed by atoms with E-state index in [2.05, 4.69) is 4.99 Å². The van der Waals surface area contributed by atoms with Gasteiger partial charge in [-0.1, -0.05) is 0 Å². The van der Waals surface area contributed by atoms with E-state index in [9.17, 15) is 22.8 Å². The number of benzene rings is 1. The fourth-order valence-electron chi connectivity index (χ4n) is 2.69. The van der Waals surface area contributed by atoms with E-state index in [4.69, 9.17) is 17.2 Å². The van der Waals surface area contributed by atoms with Gasteiger partial charge in [0.1, 0.15) is 6.04 Å². The van der Waals surface area contributed by atoms with Crippen LogP contribution in [0.5, 0.6) is 0 Å². The first kappa shape index (κ1) is 17.6. The highest BCUT2D eigenvalue weighted by atomic mass is 19.4. The Kier molecular flexibility index (Phi) is 4.67. The molecule has 2 rings (SSSR count). The van der Waals surface area contributed by atoms with Crippen LogP contribution in [0.25, 0.3) is 0 Å². The van der Waals surface area contributed by atoms with Crippen molar-refractivity contribution in [3.63, 3.8) is 0 Å². The summed E-state index contributed by atoms with van der Waals surface area (Å²) in [6.07, 6.45) is -3.75. The zero-order valence-electron chi connectivity index (χ0n) is 12.5. The van der Waals surface area contributed by atoms with Gasteiger partial charge in [-0.2, -0.15) is 18.2 Å². The number of halogens is 3. The van der Waals surface area contributed by atoms with Gasteiger partial charge in [-0.15, -0.1) is 0 Å². The molecule has 0 spiro atoms. The van der Waals surface area contributed by atoms with Gasteiger partial charge < -0.3 is 22.1 Å². The molecule has 1 aromatic rings. The summed E-state index contributed by atoms with van der Waals surface area (Å²) >= 11 is 0. The van der Waals surface area contributed by atoms with Crippen molar-refractivity contribution in [2.24, 2.45) is 22.2 Å². The zero-order valence-corrected chi connectivity index (χ0v) is 12.5. The number of anilines is 1. The Morgan fingerprint density at radius 2 is 1.88 bits per heavy atom. The standard InChI is InChI=1S/C14H16F3N5O2/c15-14(16,17)9-6-7(3-4-8(9)11(18)23)22-5-1-2-10(22)12(24)21-13(19)20/h3-4,6,10H,1-2,5H2,(H2,18,23)(H4,19,20,21,24). The maximum absolute atomic E-state index is 13.2. The summed E-state index contributed by atoms with van der Waals surface area (Å²) in [5.74, 6) is -2.21. The minimum absolute atomic E-state index is 0.147. The Balaban J connectivity index is 2.43. The van der Waals surface area contributed by atoms with Crippen LogP contribution < -0.4 is 22.1 Å². The molecule has 0 aliphatic carbocycles. The zero-order chi connectivity index (χ0) is 18.1. The second kappa shape index (κ2) is 6.38. The van der Waals surface area contributed by atoms with Crippen LogP contribution in [-0.4, -0.2) is 30.4 Å². The van der Waals surface area contributed by atoms with E-state index in [0.29, 0.717) is 19.4 Å². The molecule has 7 nitrogen and oxygen atoms in total. The summed E-state index contributed by atoms with van der Waals surface area (Å²) in [6, 6.07) is 2.37. The first-order chi connectivity index (χ1) is 11.1. The van der Waals surface area contributed by atoms with E-state index < -0.39 is 41.1 Å². The molecule has 130 valence electrons. The average Bonchev–Trinajstić information content (AvgIpc) is 2.94. The van der Waals surface area contributed by atoms with Crippen LogP contribution in [0, 0.1) is 0 Å². The number of nitrogens with zero attached hydrogens (tertiary/aromatic N) is 2. The summed E-state index contributed by atoms with van der Waals surface area (Å²) in [5.41, 5.74) is 13.7. The largest absolute Gasteiger partial charge is 0.417 e. The molecule has 1 aromatic carbocycles. The van der Waals surface area contributed by atoms with Crippen LogP contribution in [0.1, 0.15) is 28.8 Å². The highest BCUT2D eigenvalue weighted by Gasteiger charge is 2.37. The smallest absolute Gasteiger partial charge is 0.370 e. The van der Waals surface area contributed by atoms with Crippen molar-refractivity contribution in [3.8, 4) is 0 Å². The lowest BCUT2D eigenvalue weighted by Crippen LogP contribution is -2.37. The molecule has 1 aliphatic heterocycles. The maximum atomic E-state index is 13.2. The Morgan fingerprint density at radius 1 is 1.21 bits per heavy atom. The molecule has 1 aliphatic rings. The number of hydrogen-bond acceptors (Lipinski definition) is 3. The maximum Gasteiger partial charge on any atom is 0.417 e. The summed E-state index contributed by atoms with van der Waals surface area (Å²) in [6.45, 7) is 0.365. The van der Waals surface area contributed by atoms with Crippen molar-refractivity contribution in [3.05, 3.63) is 29.3 Å². The monoisotopic (exact) mass is 343 g/mol. The molecule has 1 fully saturated rings. The fraction of sp³-hybridized carbons (Fsp3) is 0.357. The SMILES string of the molecule is NC(=O)c1ccc(N2CCCC2C(=O)N=C(N)N)cc1C(F)(F)F. The Labute approximate surface area is 135 Å². The molecule has 0 aromatic heterocycles. The molecule has 1 unspecified atom stereocenters. The lowest BCUT2D eigenvalue weighted by molar-refractivity contribution is -0.137. The van der Waals surface area contributed by atoms with Crippen molar-refractivity contribution in [2.45, 2.75) is 25.1 Å². The molecule has 0 bridgehead atoms. The second-order valence-corrected chi connectivity index (χ2v) is 5.32. The number of aliphatic imine (C=N–C) groups is 1. The van der Waals surface area contributed by atoms with Gasteiger partial charge in [-0.3, -0.25) is 9.59 Å². The van der Waals surface area contributed by atoms with Gasteiger partial charge in [0.05, 0.1) is 11.1 Å². The van der Waals surface area contributed by atoms with Gasteiger partial charge in [0.2, 0.25) is 5.91 Å². The number of nitrogens with two attached hydrogens (primary N) is 3. The van der Waals surface area contributed by atoms with Crippen LogP contribution in [-0.2, 0) is 11.0 Å². The topological polar surface area (TPSA) is 128 Å². The van der Waals surface area contributed by atoms with E-state index in [0.717, 1.165) is 12.1 Å². The van der Waals surface area contributed by atoms with Crippen LogP contribution in [0.4, 0.5) is 18.9 Å². The number of rotatable bonds is 3. The fourth-order valence-corrected chi connectivity index (χ4v) is 2.69. The quantitative estimate of drug-likeness (QED) is 0.546. The Morgan fingerprint density at radius 3 is 2.42 bits per heavy atom. The molecule has 1 saturated heterocycles. The minimum Gasteiger partial charge on any atom is -0.370 e. The summed E-state index contributed by atoms with van der Waals surface area (Å²) in [5, 5.41) is 0. The van der Waals surface area contributed by atoms with Gasteiger partial charge in [0.15, 0.2) is 5.96 Å². The van der Waals surface area contributed by atoms with Crippen LogP contribution >= 0.6 is 0 Å². The van der Waals surface area contributed by atoms with E-state index >= 15 is 0 Å². The van der Waals surface area contributed by atoms with E-state index in [1.54, 1.807) is 0 Å². The van der Waals surface area contributed by atoms with Gasteiger partial charge >= 0.3 is 6.18 Å². The number of amides is 2. The highest BCUT2D eigenvalue weighted by Crippen LogP contribution is 2.36. The minimum atomic E-state index is -4.75. The lowest BCUT2D eigenvalue weighted by Gasteiger charge is -2.25. The third-order valence-corrected chi connectivity index (χ3v) is 3.68. The van der Waals surface area contributed by atoms with Crippen LogP contribution in [0.15, 0.2) is 23.2 Å². The molecule has 10 heteroatoms. The first-order valence-corrected chi connectivity index (χ1v) is 7.02. The van der Waals surface area contributed by atoms with Crippen molar-refractivity contribution in [1.82, 2.24) is 0 Å². The van der Waals surface area contributed by atoms with Gasteiger partial charge in [0, 0.05) is 12.2 Å². The number of alkyl halides is 3. The average molecular weight is 343 g/mol. The Bertz CT molecular complexity index is 698. The molecule has 0 radical (unpaired) electrons. The van der Waals surface area contributed by atoms with Crippen molar-refractivity contribution in [1.29, 1.82) is 0 Å². The van der Waals surface area contributed by atoms with Crippen molar-refractivity contribution in [2.75, 3.05) is 11.4 Å². The number of primary amides is 1. The number of carbonyl (C=O) groups excluding carboxylic acids is 2. The van der Waals surface area contributed by atoms with Gasteiger partial charge in [0.25, 0.3) is 5.91 Å². The highest BCUT2D eigenvalue weighted by molar-refractivity contribution is 5.97. The summed E-state index contributed by atoms with van der Waals surface area (Å²) in [7, 11) is 0. The normalized spacial score (nSPS) is 17.6. The van der Waals surface area contributed by atoms with E-state index in [1.165, 1.54) is 11.0 Å². The van der Waals surface area contributed by atoms with Gasteiger partial charge in [-0.05, 0) is 31.0 Å². The van der Waals surface area contributed by atoms with Crippen molar-refractivity contribution >= 4 is 23.5 Å². The third-order valence-electron chi connectivity index (χ3n) is 3.68. The van der Waals surface area contributed by atoms with E-state index in [1.807, 2.05) is 0 Å².